The zero-order valence-electron chi connectivity index (χ0n) is 14.2. The third-order valence-corrected chi connectivity index (χ3v) is 3.91. The van der Waals surface area contributed by atoms with Gasteiger partial charge in [-0.1, -0.05) is 24.3 Å². The molecular formula is C19H14N2O6. The Bertz CT molecular complexity index is 1080. The van der Waals surface area contributed by atoms with Crippen LogP contribution in [0.4, 0.5) is 5.69 Å². The SMILES string of the molecule is COC(=O)c1cc2ccccc2cc1Oc1ccc(C(N)=O)cc1[N+](=O)[O-]. The van der Waals surface area contributed by atoms with Crippen molar-refractivity contribution < 1.29 is 24.0 Å². The quantitative estimate of drug-likeness (QED) is 0.419. The van der Waals surface area contributed by atoms with Crippen molar-refractivity contribution in [2.75, 3.05) is 7.11 Å². The summed E-state index contributed by atoms with van der Waals surface area (Å²) >= 11 is 0. The first-order chi connectivity index (χ1) is 12.9. The summed E-state index contributed by atoms with van der Waals surface area (Å²) in [6, 6.07) is 14.0. The normalized spacial score (nSPS) is 10.4. The Kier molecular flexibility index (Phi) is 4.71. The predicted molar refractivity (Wildman–Crippen MR) is 97.0 cm³/mol. The van der Waals surface area contributed by atoms with Crippen molar-refractivity contribution in [2.45, 2.75) is 0 Å². The summed E-state index contributed by atoms with van der Waals surface area (Å²) < 4.78 is 10.5. The van der Waals surface area contributed by atoms with Gasteiger partial charge in [-0.2, -0.15) is 0 Å². The molecule has 0 unspecified atom stereocenters. The van der Waals surface area contributed by atoms with Gasteiger partial charge in [-0.05, 0) is 35.0 Å². The zero-order chi connectivity index (χ0) is 19.6. The number of nitro groups is 1. The lowest BCUT2D eigenvalue weighted by Crippen LogP contribution is -2.11. The molecule has 0 saturated carbocycles. The van der Waals surface area contributed by atoms with Gasteiger partial charge in [0.2, 0.25) is 11.7 Å². The van der Waals surface area contributed by atoms with Crippen molar-refractivity contribution in [3.05, 3.63) is 75.8 Å². The number of carbonyl (C=O) groups excluding carboxylic acids is 2. The van der Waals surface area contributed by atoms with E-state index in [9.17, 15) is 19.7 Å². The van der Waals surface area contributed by atoms with E-state index in [-0.39, 0.29) is 22.6 Å². The van der Waals surface area contributed by atoms with Gasteiger partial charge in [-0.15, -0.1) is 0 Å². The van der Waals surface area contributed by atoms with Crippen LogP contribution in [-0.2, 0) is 4.74 Å². The Hall–Kier alpha value is -3.94. The first kappa shape index (κ1) is 17.9. The van der Waals surface area contributed by atoms with Crippen LogP contribution < -0.4 is 10.5 Å². The maximum atomic E-state index is 12.1. The van der Waals surface area contributed by atoms with Gasteiger partial charge < -0.3 is 15.2 Å². The van der Waals surface area contributed by atoms with Crippen LogP contribution in [0, 0.1) is 10.1 Å². The van der Waals surface area contributed by atoms with Crippen LogP contribution in [-0.4, -0.2) is 23.9 Å². The highest BCUT2D eigenvalue weighted by molar-refractivity contribution is 5.99. The first-order valence-electron chi connectivity index (χ1n) is 7.78. The molecule has 27 heavy (non-hydrogen) atoms. The number of esters is 1. The smallest absolute Gasteiger partial charge is 0.341 e. The molecule has 0 saturated heterocycles. The molecule has 0 aliphatic rings. The van der Waals surface area contributed by atoms with Crippen molar-refractivity contribution in [1.29, 1.82) is 0 Å². The number of rotatable bonds is 5. The summed E-state index contributed by atoms with van der Waals surface area (Å²) in [6.07, 6.45) is 0. The Morgan fingerprint density at radius 3 is 2.26 bits per heavy atom. The number of fused-ring (bicyclic) bond motifs is 1. The van der Waals surface area contributed by atoms with Crippen LogP contribution in [0.1, 0.15) is 20.7 Å². The number of hydrogen-bond donors (Lipinski definition) is 1. The molecule has 0 spiro atoms. The van der Waals surface area contributed by atoms with Crippen LogP contribution >= 0.6 is 0 Å². The lowest BCUT2D eigenvalue weighted by Gasteiger charge is -2.12. The number of carbonyl (C=O) groups is 2. The second kappa shape index (κ2) is 7.12. The fourth-order valence-corrected chi connectivity index (χ4v) is 2.59. The summed E-state index contributed by atoms with van der Waals surface area (Å²) in [4.78, 5) is 34.1. The van der Waals surface area contributed by atoms with E-state index in [1.54, 1.807) is 12.1 Å². The summed E-state index contributed by atoms with van der Waals surface area (Å²) in [5.41, 5.74) is 4.81. The van der Waals surface area contributed by atoms with Crippen molar-refractivity contribution in [2.24, 2.45) is 5.73 Å². The summed E-state index contributed by atoms with van der Waals surface area (Å²) in [5, 5.41) is 12.9. The number of ether oxygens (including phenoxy) is 2. The number of nitrogens with zero attached hydrogens (tertiary/aromatic N) is 1. The topological polar surface area (TPSA) is 122 Å². The molecule has 8 nitrogen and oxygen atoms in total. The molecular weight excluding hydrogens is 352 g/mol. The predicted octanol–water partition coefficient (Wildman–Crippen LogP) is 3.43. The van der Waals surface area contributed by atoms with Crippen molar-refractivity contribution in [3.8, 4) is 11.5 Å². The number of methoxy groups -OCH3 is 1. The molecule has 0 atom stereocenters. The van der Waals surface area contributed by atoms with Gasteiger partial charge in [-0.25, -0.2) is 4.79 Å². The maximum absolute atomic E-state index is 12.1. The van der Waals surface area contributed by atoms with Crippen LogP contribution in [0.3, 0.4) is 0 Å². The highest BCUT2D eigenvalue weighted by Crippen LogP contribution is 2.36. The summed E-state index contributed by atoms with van der Waals surface area (Å²) in [7, 11) is 1.23. The van der Waals surface area contributed by atoms with E-state index in [2.05, 4.69) is 0 Å². The Morgan fingerprint density at radius 1 is 1.00 bits per heavy atom. The molecule has 0 aliphatic carbocycles. The molecule has 0 fully saturated rings. The van der Waals surface area contributed by atoms with E-state index in [1.807, 2.05) is 24.3 Å². The van der Waals surface area contributed by atoms with E-state index in [4.69, 9.17) is 15.2 Å². The molecule has 0 aromatic heterocycles. The zero-order valence-corrected chi connectivity index (χ0v) is 14.2. The molecule has 0 radical (unpaired) electrons. The van der Waals surface area contributed by atoms with Gasteiger partial charge in [0.05, 0.1) is 12.0 Å². The third-order valence-electron chi connectivity index (χ3n) is 3.91. The van der Waals surface area contributed by atoms with Gasteiger partial charge in [0, 0.05) is 11.6 Å². The standard InChI is InChI=1S/C19H14N2O6/c1-26-19(23)14-8-11-4-2-3-5-12(11)10-17(14)27-16-7-6-13(18(20)22)9-15(16)21(24)25/h2-10H,1H3,(H2,20,22). The third kappa shape index (κ3) is 3.54. The van der Waals surface area contributed by atoms with Crippen molar-refractivity contribution in [1.82, 2.24) is 0 Å². The minimum Gasteiger partial charge on any atom is -0.465 e. The second-order valence-electron chi connectivity index (χ2n) is 5.59. The fraction of sp³-hybridized carbons (Fsp3) is 0.0526. The minimum atomic E-state index is -0.800. The maximum Gasteiger partial charge on any atom is 0.341 e. The van der Waals surface area contributed by atoms with Crippen LogP contribution in [0.25, 0.3) is 10.8 Å². The number of nitrogens with two attached hydrogens (primary N) is 1. The van der Waals surface area contributed by atoms with Crippen LogP contribution in [0.5, 0.6) is 11.5 Å². The molecule has 0 bridgehead atoms. The van der Waals surface area contributed by atoms with E-state index in [1.165, 1.54) is 19.2 Å². The molecule has 1 amide bonds. The van der Waals surface area contributed by atoms with Gasteiger partial charge in [0.25, 0.3) is 0 Å². The Morgan fingerprint density at radius 2 is 1.67 bits per heavy atom. The monoisotopic (exact) mass is 366 g/mol. The highest BCUT2D eigenvalue weighted by Gasteiger charge is 2.22. The summed E-state index contributed by atoms with van der Waals surface area (Å²) in [6.45, 7) is 0. The molecule has 136 valence electrons. The van der Waals surface area contributed by atoms with Crippen LogP contribution in [0.15, 0.2) is 54.6 Å². The minimum absolute atomic E-state index is 0.0271. The number of hydrogen-bond acceptors (Lipinski definition) is 6. The number of amides is 1. The number of primary amides is 1. The number of nitro benzene ring substituents is 1. The molecule has 3 rings (SSSR count). The van der Waals surface area contributed by atoms with E-state index >= 15 is 0 Å². The average molecular weight is 366 g/mol. The average Bonchev–Trinajstić information content (AvgIpc) is 2.66. The number of benzene rings is 3. The molecule has 3 aromatic rings. The van der Waals surface area contributed by atoms with Crippen molar-refractivity contribution >= 4 is 28.3 Å². The highest BCUT2D eigenvalue weighted by atomic mass is 16.6. The Balaban J connectivity index is 2.14. The Labute approximate surface area is 153 Å². The van der Waals surface area contributed by atoms with E-state index < -0.39 is 22.5 Å². The molecule has 2 N–H and O–H groups in total. The first-order valence-corrected chi connectivity index (χ1v) is 7.78. The molecule has 3 aromatic carbocycles. The van der Waals surface area contributed by atoms with Crippen molar-refractivity contribution in [3.63, 3.8) is 0 Å². The van der Waals surface area contributed by atoms with Crippen LogP contribution in [0.2, 0.25) is 0 Å². The van der Waals surface area contributed by atoms with E-state index in [0.29, 0.717) is 0 Å². The fourth-order valence-electron chi connectivity index (χ4n) is 2.59. The van der Waals surface area contributed by atoms with Gasteiger partial charge >= 0.3 is 11.7 Å². The van der Waals surface area contributed by atoms with Gasteiger partial charge in [-0.3, -0.25) is 14.9 Å². The second-order valence-corrected chi connectivity index (χ2v) is 5.59. The van der Waals surface area contributed by atoms with Gasteiger partial charge in [0.15, 0.2) is 0 Å². The largest absolute Gasteiger partial charge is 0.465 e. The lowest BCUT2D eigenvalue weighted by atomic mass is 10.1. The lowest BCUT2D eigenvalue weighted by molar-refractivity contribution is -0.385. The molecule has 0 aliphatic heterocycles. The van der Waals surface area contributed by atoms with E-state index in [0.717, 1.165) is 16.8 Å². The summed E-state index contributed by atoms with van der Waals surface area (Å²) in [5.74, 6) is -1.49. The molecule has 0 heterocycles. The van der Waals surface area contributed by atoms with Gasteiger partial charge in [0.1, 0.15) is 11.3 Å². The molecule has 8 heteroatoms.